The third kappa shape index (κ3) is 2.80. The first-order chi connectivity index (χ1) is 11.7. The maximum absolute atomic E-state index is 13.3. The first-order valence-corrected chi connectivity index (χ1v) is 9.21. The van der Waals surface area contributed by atoms with Crippen molar-refractivity contribution in [2.45, 2.75) is 46.2 Å². The minimum Gasteiger partial charge on any atom is -0.348 e. The van der Waals surface area contributed by atoms with Crippen molar-refractivity contribution >= 4 is 11.7 Å². The summed E-state index contributed by atoms with van der Waals surface area (Å²) in [7, 11) is 3.55. The summed E-state index contributed by atoms with van der Waals surface area (Å²) in [4.78, 5) is 29.5. The molecule has 3 rings (SSSR count). The van der Waals surface area contributed by atoms with E-state index in [1.54, 1.807) is 19.0 Å². The number of ketones is 1. The largest absolute Gasteiger partial charge is 0.348 e. The summed E-state index contributed by atoms with van der Waals surface area (Å²) in [5.74, 6) is 0.703. The highest BCUT2D eigenvalue weighted by molar-refractivity contribution is 5.94. The van der Waals surface area contributed by atoms with Crippen LogP contribution in [0.15, 0.2) is 30.3 Å². The topological polar surface area (TPSA) is 40.6 Å². The van der Waals surface area contributed by atoms with Crippen LogP contribution in [0.25, 0.3) is 0 Å². The summed E-state index contributed by atoms with van der Waals surface area (Å²) < 4.78 is 0. The maximum atomic E-state index is 13.3. The quantitative estimate of drug-likeness (QED) is 0.826. The molecule has 0 radical (unpaired) electrons. The second-order valence-electron chi connectivity index (χ2n) is 8.69. The SMILES string of the molecule is CN(C)C(=O)CN(Cc1ccccc1)C1C(=O)C2(C)CCC1C2(C)C. The lowest BCUT2D eigenvalue weighted by atomic mass is 9.70. The van der Waals surface area contributed by atoms with Gasteiger partial charge in [0.2, 0.25) is 5.91 Å². The number of amides is 1. The summed E-state index contributed by atoms with van der Waals surface area (Å²) in [5.41, 5.74) is 0.871. The van der Waals surface area contributed by atoms with E-state index >= 15 is 0 Å². The molecular formula is C21H30N2O2. The van der Waals surface area contributed by atoms with Crippen molar-refractivity contribution in [3.8, 4) is 0 Å². The van der Waals surface area contributed by atoms with Crippen LogP contribution in [0, 0.1) is 16.7 Å². The van der Waals surface area contributed by atoms with Crippen LogP contribution in [0.3, 0.4) is 0 Å². The molecule has 4 nitrogen and oxygen atoms in total. The highest BCUT2D eigenvalue weighted by atomic mass is 16.2. The van der Waals surface area contributed by atoms with Crippen molar-refractivity contribution in [3.05, 3.63) is 35.9 Å². The van der Waals surface area contributed by atoms with Gasteiger partial charge in [-0.2, -0.15) is 0 Å². The number of likely N-dealkylation sites (N-methyl/N-ethyl adjacent to an activating group) is 1. The number of Topliss-reactive ketones (excluding diaryl/α,β-unsaturated/α-hetero) is 1. The fourth-order valence-electron chi connectivity index (χ4n) is 4.84. The van der Waals surface area contributed by atoms with E-state index in [1.165, 1.54) is 0 Å². The van der Waals surface area contributed by atoms with Gasteiger partial charge in [0, 0.05) is 26.1 Å². The summed E-state index contributed by atoms with van der Waals surface area (Å²) in [6.07, 6.45) is 2.04. The van der Waals surface area contributed by atoms with Crippen LogP contribution in [0.5, 0.6) is 0 Å². The van der Waals surface area contributed by atoms with Crippen LogP contribution < -0.4 is 0 Å². The Morgan fingerprint density at radius 2 is 1.80 bits per heavy atom. The van der Waals surface area contributed by atoms with Gasteiger partial charge in [-0.15, -0.1) is 0 Å². The average Bonchev–Trinajstić information content (AvgIpc) is 2.87. The van der Waals surface area contributed by atoms with Crippen molar-refractivity contribution in [2.24, 2.45) is 16.7 Å². The van der Waals surface area contributed by atoms with Crippen LogP contribution >= 0.6 is 0 Å². The van der Waals surface area contributed by atoms with Gasteiger partial charge in [0.25, 0.3) is 0 Å². The fraction of sp³-hybridized carbons (Fsp3) is 0.619. The molecule has 0 aromatic heterocycles. The molecule has 0 saturated heterocycles. The molecule has 3 atom stereocenters. The number of rotatable bonds is 5. The lowest BCUT2D eigenvalue weighted by Crippen LogP contribution is -2.49. The maximum Gasteiger partial charge on any atom is 0.236 e. The van der Waals surface area contributed by atoms with Gasteiger partial charge in [-0.1, -0.05) is 51.1 Å². The van der Waals surface area contributed by atoms with Gasteiger partial charge >= 0.3 is 0 Å². The number of hydrogen-bond donors (Lipinski definition) is 0. The molecule has 25 heavy (non-hydrogen) atoms. The van der Waals surface area contributed by atoms with Crippen LogP contribution in [0.4, 0.5) is 0 Å². The molecule has 3 unspecified atom stereocenters. The van der Waals surface area contributed by atoms with Crippen LogP contribution in [0.2, 0.25) is 0 Å². The lowest BCUT2D eigenvalue weighted by Gasteiger charge is -2.35. The molecule has 2 bridgehead atoms. The van der Waals surface area contributed by atoms with Gasteiger partial charge in [0.1, 0.15) is 0 Å². The Labute approximate surface area is 151 Å². The number of fused-ring (bicyclic) bond motifs is 2. The van der Waals surface area contributed by atoms with E-state index in [4.69, 9.17) is 0 Å². The van der Waals surface area contributed by atoms with Crippen molar-refractivity contribution in [1.82, 2.24) is 9.80 Å². The normalized spacial score (nSPS) is 30.1. The Bertz CT molecular complexity index is 668. The van der Waals surface area contributed by atoms with Gasteiger partial charge < -0.3 is 4.90 Å². The van der Waals surface area contributed by atoms with Crippen molar-refractivity contribution in [2.75, 3.05) is 20.6 Å². The van der Waals surface area contributed by atoms with Gasteiger partial charge in [-0.3, -0.25) is 14.5 Å². The molecule has 1 amide bonds. The molecule has 2 aliphatic rings. The molecule has 0 heterocycles. The summed E-state index contributed by atoms with van der Waals surface area (Å²) in [6.45, 7) is 7.53. The second kappa shape index (κ2) is 6.24. The molecule has 4 heteroatoms. The van der Waals surface area contributed by atoms with Crippen molar-refractivity contribution in [3.63, 3.8) is 0 Å². The van der Waals surface area contributed by atoms with E-state index in [-0.39, 0.29) is 22.8 Å². The van der Waals surface area contributed by atoms with E-state index in [0.717, 1.165) is 18.4 Å². The summed E-state index contributed by atoms with van der Waals surface area (Å²) in [5, 5.41) is 0. The van der Waals surface area contributed by atoms with Gasteiger partial charge in [-0.05, 0) is 29.7 Å². The first-order valence-electron chi connectivity index (χ1n) is 9.21. The minimum absolute atomic E-state index is 0.00908. The number of carbonyl (C=O) groups is 2. The van der Waals surface area contributed by atoms with Gasteiger partial charge in [0.15, 0.2) is 5.78 Å². The zero-order chi connectivity index (χ0) is 18.4. The highest BCUT2D eigenvalue weighted by Gasteiger charge is 2.67. The van der Waals surface area contributed by atoms with E-state index in [1.807, 2.05) is 18.2 Å². The van der Waals surface area contributed by atoms with E-state index in [9.17, 15) is 9.59 Å². The Balaban J connectivity index is 1.92. The number of benzene rings is 1. The van der Waals surface area contributed by atoms with Crippen LogP contribution in [0.1, 0.15) is 39.2 Å². The Kier molecular flexibility index (Phi) is 4.52. The zero-order valence-corrected chi connectivity index (χ0v) is 16.1. The predicted octanol–water partition coefficient (Wildman–Crippen LogP) is 2.97. The van der Waals surface area contributed by atoms with Crippen molar-refractivity contribution < 1.29 is 9.59 Å². The van der Waals surface area contributed by atoms with E-state index in [2.05, 4.69) is 37.8 Å². The number of hydrogen-bond acceptors (Lipinski definition) is 3. The Morgan fingerprint density at radius 3 is 2.32 bits per heavy atom. The molecule has 1 aromatic rings. The van der Waals surface area contributed by atoms with Crippen LogP contribution in [-0.4, -0.2) is 48.2 Å². The van der Waals surface area contributed by atoms with Crippen LogP contribution in [-0.2, 0) is 16.1 Å². The van der Waals surface area contributed by atoms with E-state index < -0.39 is 0 Å². The molecule has 2 saturated carbocycles. The Morgan fingerprint density at radius 1 is 1.16 bits per heavy atom. The molecular weight excluding hydrogens is 312 g/mol. The molecule has 1 aromatic carbocycles. The highest BCUT2D eigenvalue weighted by Crippen LogP contribution is 2.64. The fourth-order valence-corrected chi connectivity index (χ4v) is 4.84. The minimum atomic E-state index is -0.265. The predicted molar refractivity (Wildman–Crippen MR) is 99.0 cm³/mol. The second-order valence-corrected chi connectivity index (χ2v) is 8.69. The average molecular weight is 342 g/mol. The molecule has 2 aliphatic carbocycles. The van der Waals surface area contributed by atoms with Crippen molar-refractivity contribution in [1.29, 1.82) is 0 Å². The molecule has 0 spiro atoms. The first kappa shape index (κ1) is 18.1. The number of carbonyl (C=O) groups excluding carboxylic acids is 2. The summed E-state index contributed by atoms with van der Waals surface area (Å²) in [6, 6.07) is 9.99. The van der Waals surface area contributed by atoms with E-state index in [0.29, 0.717) is 24.8 Å². The molecule has 2 fully saturated rings. The smallest absolute Gasteiger partial charge is 0.236 e. The Hall–Kier alpha value is -1.68. The molecule has 0 N–H and O–H groups in total. The molecule has 136 valence electrons. The summed E-state index contributed by atoms with van der Waals surface area (Å²) >= 11 is 0. The standard InChI is InChI=1S/C21H30N2O2/c1-20(2)16-11-12-21(20,3)19(25)18(16)23(14-17(24)22(4)5)13-15-9-7-6-8-10-15/h6-10,16,18H,11-14H2,1-5H3. The monoisotopic (exact) mass is 342 g/mol. The van der Waals surface area contributed by atoms with Gasteiger partial charge in [0.05, 0.1) is 12.6 Å². The zero-order valence-electron chi connectivity index (χ0n) is 16.1. The lowest BCUT2D eigenvalue weighted by molar-refractivity contribution is -0.136. The number of nitrogens with zero attached hydrogens (tertiary/aromatic N) is 2. The van der Waals surface area contributed by atoms with Gasteiger partial charge in [-0.25, -0.2) is 0 Å². The molecule has 0 aliphatic heterocycles. The third-order valence-electron chi connectivity index (χ3n) is 6.96. The third-order valence-corrected chi connectivity index (χ3v) is 6.96.